The third kappa shape index (κ3) is 5.65. The Labute approximate surface area is 171 Å². The van der Waals surface area contributed by atoms with Gasteiger partial charge in [0.25, 0.3) is 5.91 Å². The van der Waals surface area contributed by atoms with Crippen LogP contribution in [-0.4, -0.2) is 43.8 Å². The lowest BCUT2D eigenvalue weighted by atomic mass is 10.2. The summed E-state index contributed by atoms with van der Waals surface area (Å²) in [6.07, 6.45) is -1.01. The topological polar surface area (TPSA) is 92.8 Å². The van der Waals surface area contributed by atoms with Crippen molar-refractivity contribution >= 4 is 27.6 Å². The summed E-state index contributed by atoms with van der Waals surface area (Å²) in [6, 6.07) is 12.8. The predicted molar refractivity (Wildman–Crippen MR) is 111 cm³/mol. The van der Waals surface area contributed by atoms with Crippen LogP contribution < -0.4 is 5.32 Å². The van der Waals surface area contributed by atoms with Crippen LogP contribution in [0.3, 0.4) is 0 Å². The molecule has 0 saturated carbocycles. The fourth-order valence-corrected chi connectivity index (χ4v) is 4.18. The van der Waals surface area contributed by atoms with Crippen LogP contribution in [0.15, 0.2) is 53.4 Å². The zero-order valence-electron chi connectivity index (χ0n) is 17.0. The monoisotopic (exact) mass is 418 g/mol. The molecule has 2 aromatic rings. The van der Waals surface area contributed by atoms with Gasteiger partial charge < -0.3 is 10.1 Å². The van der Waals surface area contributed by atoms with E-state index < -0.39 is 28.0 Å². The number of carbonyl (C=O) groups excluding carboxylic acids is 2. The van der Waals surface area contributed by atoms with E-state index in [-0.39, 0.29) is 10.5 Å². The average Bonchev–Trinajstić information content (AvgIpc) is 2.68. The molecule has 2 rings (SSSR count). The second-order valence-electron chi connectivity index (χ2n) is 6.52. The number of carbonyl (C=O) groups is 2. The first-order chi connectivity index (χ1) is 13.7. The van der Waals surface area contributed by atoms with Crippen LogP contribution in [0.4, 0.5) is 5.69 Å². The van der Waals surface area contributed by atoms with E-state index in [4.69, 9.17) is 4.74 Å². The van der Waals surface area contributed by atoms with Crippen molar-refractivity contribution < 1.29 is 22.7 Å². The third-order valence-corrected chi connectivity index (χ3v) is 6.44. The molecule has 1 N–H and O–H groups in total. The van der Waals surface area contributed by atoms with E-state index in [0.29, 0.717) is 18.8 Å². The number of esters is 1. The molecule has 0 aliphatic rings. The molecular weight excluding hydrogens is 392 g/mol. The third-order valence-electron chi connectivity index (χ3n) is 4.37. The number of benzene rings is 2. The molecule has 0 unspecified atom stereocenters. The molecule has 8 heteroatoms. The summed E-state index contributed by atoms with van der Waals surface area (Å²) in [5.74, 6) is -1.16. The summed E-state index contributed by atoms with van der Waals surface area (Å²) in [7, 11) is -3.60. The molecule has 0 aromatic heterocycles. The maximum atomic E-state index is 12.5. The standard InChI is InChI=1S/C21H26N2O5S/c1-5-23(6-2)29(26,27)19-12-10-17(11-13-19)21(25)28-16(4)20(24)22-18-9-7-8-15(3)14-18/h7-14,16H,5-6H2,1-4H3,(H,22,24)/t16-/m0/s1. The highest BCUT2D eigenvalue weighted by Gasteiger charge is 2.23. The molecule has 0 fully saturated rings. The number of anilines is 1. The summed E-state index contributed by atoms with van der Waals surface area (Å²) >= 11 is 0. The average molecular weight is 419 g/mol. The van der Waals surface area contributed by atoms with Crippen LogP contribution in [-0.2, 0) is 19.6 Å². The number of aryl methyl sites for hydroxylation is 1. The van der Waals surface area contributed by atoms with Crippen molar-refractivity contribution in [2.45, 2.75) is 38.7 Å². The summed E-state index contributed by atoms with van der Waals surface area (Å²) in [5, 5.41) is 2.69. The van der Waals surface area contributed by atoms with E-state index in [1.807, 2.05) is 25.1 Å². The Morgan fingerprint density at radius 2 is 1.69 bits per heavy atom. The number of nitrogens with one attached hydrogen (secondary N) is 1. The molecule has 7 nitrogen and oxygen atoms in total. The molecule has 0 saturated heterocycles. The number of hydrogen-bond donors (Lipinski definition) is 1. The Kier molecular flexibility index (Phi) is 7.53. The van der Waals surface area contributed by atoms with Crippen LogP contribution in [0.25, 0.3) is 0 Å². The van der Waals surface area contributed by atoms with Crippen LogP contribution >= 0.6 is 0 Å². The number of sulfonamides is 1. The van der Waals surface area contributed by atoms with Crippen molar-refractivity contribution in [1.82, 2.24) is 4.31 Å². The number of ether oxygens (including phenoxy) is 1. The normalized spacial score (nSPS) is 12.4. The van der Waals surface area contributed by atoms with Crippen LogP contribution in [0.1, 0.15) is 36.7 Å². The molecule has 0 aliphatic carbocycles. The highest BCUT2D eigenvalue weighted by molar-refractivity contribution is 7.89. The van der Waals surface area contributed by atoms with Crippen LogP contribution in [0.5, 0.6) is 0 Å². The summed E-state index contributed by atoms with van der Waals surface area (Å²) in [6.45, 7) is 7.61. The van der Waals surface area contributed by atoms with Crippen LogP contribution in [0, 0.1) is 6.92 Å². The molecule has 0 heterocycles. The molecule has 0 radical (unpaired) electrons. The SMILES string of the molecule is CCN(CC)S(=O)(=O)c1ccc(C(=O)O[C@@H](C)C(=O)Nc2cccc(C)c2)cc1. The van der Waals surface area contributed by atoms with E-state index in [2.05, 4.69) is 5.32 Å². The summed E-state index contributed by atoms with van der Waals surface area (Å²) < 4.78 is 31.5. The fraction of sp³-hybridized carbons (Fsp3) is 0.333. The van der Waals surface area contributed by atoms with Crippen molar-refractivity contribution in [3.8, 4) is 0 Å². The molecule has 29 heavy (non-hydrogen) atoms. The fourth-order valence-electron chi connectivity index (χ4n) is 2.72. The van der Waals surface area contributed by atoms with Crippen molar-refractivity contribution in [3.63, 3.8) is 0 Å². The van der Waals surface area contributed by atoms with E-state index in [1.54, 1.807) is 19.9 Å². The van der Waals surface area contributed by atoms with Gasteiger partial charge >= 0.3 is 5.97 Å². The highest BCUT2D eigenvalue weighted by Crippen LogP contribution is 2.17. The first kappa shape index (κ1) is 22.6. The number of hydrogen-bond acceptors (Lipinski definition) is 5. The molecule has 156 valence electrons. The maximum Gasteiger partial charge on any atom is 0.338 e. The zero-order chi connectivity index (χ0) is 21.6. The molecule has 1 atom stereocenters. The van der Waals surface area contributed by atoms with Crippen molar-refractivity contribution in [3.05, 3.63) is 59.7 Å². The first-order valence-electron chi connectivity index (χ1n) is 9.37. The molecule has 0 aliphatic heterocycles. The van der Waals surface area contributed by atoms with Gasteiger partial charge in [-0.05, 0) is 55.8 Å². The Hall–Kier alpha value is -2.71. The highest BCUT2D eigenvalue weighted by atomic mass is 32.2. The van der Waals surface area contributed by atoms with Crippen molar-refractivity contribution in [2.24, 2.45) is 0 Å². The number of nitrogens with zero attached hydrogens (tertiary/aromatic N) is 1. The Morgan fingerprint density at radius 1 is 1.07 bits per heavy atom. The van der Waals surface area contributed by atoms with Gasteiger partial charge in [0.15, 0.2) is 6.10 Å². The zero-order valence-corrected chi connectivity index (χ0v) is 17.8. The second kappa shape index (κ2) is 9.67. The second-order valence-corrected chi connectivity index (χ2v) is 8.46. The minimum Gasteiger partial charge on any atom is -0.449 e. The van der Waals surface area contributed by atoms with E-state index in [1.165, 1.54) is 35.5 Å². The first-order valence-corrected chi connectivity index (χ1v) is 10.8. The van der Waals surface area contributed by atoms with E-state index in [9.17, 15) is 18.0 Å². The molecule has 0 bridgehead atoms. The van der Waals surface area contributed by atoms with E-state index in [0.717, 1.165) is 5.56 Å². The lowest BCUT2D eigenvalue weighted by molar-refractivity contribution is -0.123. The Bertz CT molecular complexity index is 967. The Balaban J connectivity index is 2.04. The minimum atomic E-state index is -3.60. The maximum absolute atomic E-state index is 12.5. The predicted octanol–water partition coefficient (Wildman–Crippen LogP) is 3.21. The van der Waals surface area contributed by atoms with Gasteiger partial charge in [0.2, 0.25) is 10.0 Å². The molecule has 0 spiro atoms. The van der Waals surface area contributed by atoms with Crippen LogP contribution in [0.2, 0.25) is 0 Å². The lowest BCUT2D eigenvalue weighted by Gasteiger charge is -2.18. The smallest absolute Gasteiger partial charge is 0.338 e. The van der Waals surface area contributed by atoms with Gasteiger partial charge in [0.1, 0.15) is 0 Å². The Morgan fingerprint density at radius 3 is 2.24 bits per heavy atom. The summed E-state index contributed by atoms with van der Waals surface area (Å²) in [4.78, 5) is 24.7. The summed E-state index contributed by atoms with van der Waals surface area (Å²) in [5.41, 5.74) is 1.77. The van der Waals surface area contributed by atoms with Gasteiger partial charge in [-0.25, -0.2) is 13.2 Å². The number of amides is 1. The van der Waals surface area contributed by atoms with Crippen molar-refractivity contribution in [1.29, 1.82) is 0 Å². The van der Waals surface area contributed by atoms with E-state index >= 15 is 0 Å². The lowest BCUT2D eigenvalue weighted by Crippen LogP contribution is -2.31. The largest absolute Gasteiger partial charge is 0.449 e. The molecular formula is C21H26N2O5S. The van der Waals surface area contributed by atoms with Gasteiger partial charge in [-0.2, -0.15) is 4.31 Å². The molecule has 1 amide bonds. The quantitative estimate of drug-likeness (QED) is 0.665. The van der Waals surface area contributed by atoms with Gasteiger partial charge in [-0.3, -0.25) is 4.79 Å². The van der Waals surface area contributed by atoms with Crippen molar-refractivity contribution in [2.75, 3.05) is 18.4 Å². The van der Waals surface area contributed by atoms with Gasteiger partial charge in [0.05, 0.1) is 10.5 Å². The van der Waals surface area contributed by atoms with Gasteiger partial charge in [-0.15, -0.1) is 0 Å². The van der Waals surface area contributed by atoms with Gasteiger partial charge in [-0.1, -0.05) is 26.0 Å². The molecule has 2 aromatic carbocycles. The minimum absolute atomic E-state index is 0.1000. The number of rotatable bonds is 8. The van der Waals surface area contributed by atoms with Gasteiger partial charge in [0, 0.05) is 18.8 Å².